The van der Waals surface area contributed by atoms with Crippen LogP contribution in [0.15, 0.2) is 53.4 Å². The van der Waals surface area contributed by atoms with Crippen LogP contribution in [0.2, 0.25) is 0 Å². The molecule has 0 bridgehead atoms. The first-order chi connectivity index (χ1) is 16.6. The number of carbonyl (C=O) groups is 1. The molecule has 0 N–H and O–H groups in total. The van der Waals surface area contributed by atoms with Crippen LogP contribution in [0, 0.1) is 11.3 Å². The molecule has 2 aromatic rings. The molecule has 4 rings (SSSR count). The number of benzene rings is 2. The second kappa shape index (κ2) is 10.4. The first-order valence-electron chi connectivity index (χ1n) is 12.3. The second-order valence-corrected chi connectivity index (χ2v) is 22.7. The standard InChI is InChI=1S/C28H37IO5S/c1-27(2,22-6-5-7-24(19-22)34-4)26(30)18-21-12-13-28(20-21)14-16-29(17-15-28)35(31,32)25-10-8-23(33-3)9-11-25/h5-11,19,21H,12-18,20H2,1-4H3. The average Bonchev–Trinajstić information content (AvgIpc) is 3.25. The summed E-state index contributed by atoms with van der Waals surface area (Å²) < 4.78 is 38.8. The molecule has 0 amide bonds. The summed E-state index contributed by atoms with van der Waals surface area (Å²) in [6, 6.07) is 14.7. The van der Waals surface area contributed by atoms with E-state index in [0.29, 0.717) is 23.0 Å². The molecule has 2 fully saturated rings. The van der Waals surface area contributed by atoms with Gasteiger partial charge in [-0.05, 0) is 0 Å². The van der Waals surface area contributed by atoms with E-state index >= 15 is 0 Å². The van der Waals surface area contributed by atoms with Crippen molar-refractivity contribution in [1.82, 2.24) is 0 Å². The number of ketones is 1. The average molecular weight is 613 g/mol. The molecule has 1 unspecified atom stereocenters. The van der Waals surface area contributed by atoms with Gasteiger partial charge in [0.05, 0.1) is 7.11 Å². The molecule has 0 radical (unpaired) electrons. The number of alkyl halides is 2. The van der Waals surface area contributed by atoms with Gasteiger partial charge in [0.25, 0.3) is 0 Å². The summed E-state index contributed by atoms with van der Waals surface area (Å²) in [4.78, 5) is 13.8. The Kier molecular flexibility index (Phi) is 7.86. The second-order valence-electron chi connectivity index (χ2n) is 10.5. The minimum absolute atomic E-state index is 0.231. The summed E-state index contributed by atoms with van der Waals surface area (Å²) in [7, 11) is 0.0457. The van der Waals surface area contributed by atoms with Gasteiger partial charge in [0.15, 0.2) is 0 Å². The third-order valence-electron chi connectivity index (χ3n) is 8.07. The van der Waals surface area contributed by atoms with Gasteiger partial charge in [-0.25, -0.2) is 0 Å². The Balaban J connectivity index is 1.36. The van der Waals surface area contributed by atoms with E-state index in [-0.39, 0.29) is 11.2 Å². The van der Waals surface area contributed by atoms with Crippen LogP contribution in [0.25, 0.3) is 0 Å². The molecule has 2 aromatic carbocycles. The van der Waals surface area contributed by atoms with Crippen molar-refractivity contribution in [3.05, 3.63) is 54.1 Å². The molecule has 35 heavy (non-hydrogen) atoms. The van der Waals surface area contributed by atoms with Gasteiger partial charge in [-0.2, -0.15) is 0 Å². The molecular formula is C28H37IO5S. The summed E-state index contributed by atoms with van der Waals surface area (Å²) in [5.74, 6) is 2.12. The molecule has 192 valence electrons. The fourth-order valence-corrected chi connectivity index (χ4v) is 18.2. The van der Waals surface area contributed by atoms with Crippen molar-refractivity contribution in [2.75, 3.05) is 23.1 Å². The number of rotatable bonds is 8. The fourth-order valence-electron chi connectivity index (χ4n) is 5.54. The number of carbonyl (C=O) groups excluding carboxylic acids is 1. The van der Waals surface area contributed by atoms with Crippen LogP contribution in [0.4, 0.5) is 0 Å². The Morgan fingerprint density at radius 2 is 1.66 bits per heavy atom. The normalized spacial score (nSPS) is 21.1. The number of halogens is 1. The maximum atomic E-state index is 13.4. The van der Waals surface area contributed by atoms with Gasteiger partial charge in [0.1, 0.15) is 0 Å². The third-order valence-corrected chi connectivity index (χ3v) is 21.5. The molecule has 1 atom stereocenters. The van der Waals surface area contributed by atoms with E-state index in [0.717, 1.165) is 52.3 Å². The van der Waals surface area contributed by atoms with Gasteiger partial charge in [0, 0.05) is 0 Å². The molecule has 1 heterocycles. The Morgan fingerprint density at radius 1 is 1.00 bits per heavy atom. The van der Waals surface area contributed by atoms with Gasteiger partial charge in [-0.1, -0.05) is 0 Å². The zero-order valence-corrected chi connectivity index (χ0v) is 24.2. The molecule has 1 saturated carbocycles. The summed E-state index contributed by atoms with van der Waals surface area (Å²) in [6.45, 7) is 4.02. The first-order valence-corrected chi connectivity index (χ1v) is 19.4. The monoisotopic (exact) mass is 612 g/mol. The Morgan fingerprint density at radius 3 is 2.29 bits per heavy atom. The Hall–Kier alpha value is -1.61. The third kappa shape index (κ3) is 5.55. The van der Waals surface area contributed by atoms with Crippen LogP contribution in [-0.4, -0.2) is 37.3 Å². The summed E-state index contributed by atoms with van der Waals surface area (Å²) in [5.41, 5.74) is 0.669. The van der Waals surface area contributed by atoms with E-state index < -0.39 is 30.9 Å². The van der Waals surface area contributed by atoms with E-state index in [2.05, 4.69) is 0 Å². The SMILES string of the molecule is COc1ccc(S(=O)(=O)I2CCC3(CCC(CC(=O)C(C)(C)c4cccc(OC)c4)C3)CC2)cc1. The van der Waals surface area contributed by atoms with Gasteiger partial charge in [-0.15, -0.1) is 0 Å². The predicted molar refractivity (Wildman–Crippen MR) is 149 cm³/mol. The number of Topliss-reactive ketones (excluding diaryl/α,β-unsaturated/α-hetero) is 1. The molecule has 0 aromatic heterocycles. The summed E-state index contributed by atoms with van der Waals surface area (Å²) in [6.07, 6.45) is 5.84. The van der Waals surface area contributed by atoms with Crippen molar-refractivity contribution >= 4 is 31.2 Å². The molecule has 1 aliphatic carbocycles. The molecule has 7 heteroatoms. The van der Waals surface area contributed by atoms with E-state index in [1.54, 1.807) is 38.5 Å². The summed E-state index contributed by atoms with van der Waals surface area (Å²) >= 11 is -2.15. The number of hydrogen-bond donors (Lipinski definition) is 0. The molecule has 2 aliphatic rings. The maximum absolute atomic E-state index is 13.4. The van der Waals surface area contributed by atoms with Crippen molar-refractivity contribution < 1.29 is 22.7 Å². The van der Waals surface area contributed by atoms with Crippen molar-refractivity contribution in [2.45, 2.75) is 62.7 Å². The summed E-state index contributed by atoms with van der Waals surface area (Å²) in [5, 5.41) is 0. The van der Waals surface area contributed by atoms with Crippen molar-refractivity contribution in [3.8, 4) is 11.5 Å². The van der Waals surface area contributed by atoms with Crippen molar-refractivity contribution in [3.63, 3.8) is 0 Å². The van der Waals surface area contributed by atoms with Crippen LogP contribution in [-0.2, 0) is 17.2 Å². The number of ether oxygens (including phenoxy) is 2. The Labute approximate surface area is 215 Å². The molecule has 1 spiro atoms. The van der Waals surface area contributed by atoms with E-state index in [1.165, 1.54) is 0 Å². The van der Waals surface area contributed by atoms with Crippen LogP contribution in [0.5, 0.6) is 11.5 Å². The first kappa shape index (κ1) is 26.5. The predicted octanol–water partition coefficient (Wildman–Crippen LogP) is 6.42. The number of methoxy groups -OCH3 is 2. The van der Waals surface area contributed by atoms with Crippen LogP contribution in [0.3, 0.4) is 0 Å². The van der Waals surface area contributed by atoms with Crippen molar-refractivity contribution in [2.24, 2.45) is 11.3 Å². The number of hydrogen-bond acceptors (Lipinski definition) is 5. The van der Waals surface area contributed by atoms with Gasteiger partial charge in [-0.3, -0.25) is 0 Å². The molecule has 5 nitrogen and oxygen atoms in total. The quantitative estimate of drug-likeness (QED) is 0.196. The van der Waals surface area contributed by atoms with E-state index in [1.807, 2.05) is 38.1 Å². The van der Waals surface area contributed by atoms with Gasteiger partial charge >= 0.3 is 209 Å². The molecular weight excluding hydrogens is 575 g/mol. The van der Waals surface area contributed by atoms with Crippen LogP contribution in [0.1, 0.15) is 57.9 Å². The zero-order valence-electron chi connectivity index (χ0n) is 21.2. The molecule has 1 aliphatic heterocycles. The van der Waals surface area contributed by atoms with Crippen molar-refractivity contribution in [1.29, 1.82) is 0 Å². The van der Waals surface area contributed by atoms with Gasteiger partial charge < -0.3 is 0 Å². The van der Waals surface area contributed by atoms with Crippen LogP contribution >= 0.6 is 18.4 Å². The minimum atomic E-state index is -3.18. The van der Waals surface area contributed by atoms with Crippen LogP contribution < -0.4 is 9.47 Å². The van der Waals surface area contributed by atoms with E-state index in [9.17, 15) is 13.2 Å². The van der Waals surface area contributed by atoms with Gasteiger partial charge in [0.2, 0.25) is 0 Å². The van der Waals surface area contributed by atoms with E-state index in [4.69, 9.17) is 9.47 Å². The Bertz CT molecular complexity index is 1150. The molecule has 1 saturated heterocycles. The fraction of sp³-hybridized carbons (Fsp3) is 0.536. The zero-order chi connectivity index (χ0) is 25.3. The topological polar surface area (TPSA) is 69.7 Å².